The molecule has 0 aliphatic heterocycles. The fraction of sp³-hybridized carbons (Fsp3) is 0.227. The third-order valence-corrected chi connectivity index (χ3v) is 5.95. The topological polar surface area (TPSA) is 18.0 Å². The largest absolute Gasteiger partial charge is 0.482 e. The second kappa shape index (κ2) is 6.96. The number of benzene rings is 2. The van der Waals surface area contributed by atoms with E-state index < -0.39 is 0 Å². The molecule has 0 bridgehead atoms. The van der Waals surface area contributed by atoms with Crippen LogP contribution in [-0.2, 0) is 13.1 Å². The minimum atomic E-state index is 0.873. The number of methoxy groups -OCH3 is 1. The molecule has 0 N–H and O–H groups in total. The van der Waals surface area contributed by atoms with Crippen LogP contribution in [0.4, 0.5) is 0 Å². The van der Waals surface area contributed by atoms with Crippen LogP contribution in [0.5, 0.6) is 5.88 Å². The van der Waals surface area contributed by atoms with Gasteiger partial charge in [0.2, 0.25) is 11.4 Å². The zero-order valence-corrected chi connectivity index (χ0v) is 16.2. The van der Waals surface area contributed by atoms with Crippen molar-refractivity contribution in [1.82, 2.24) is 4.57 Å². The molecule has 2 heterocycles. The second-order valence-corrected chi connectivity index (χ2v) is 7.23. The molecule has 2 aromatic heterocycles. The minimum absolute atomic E-state index is 0.873. The molecule has 132 valence electrons. The van der Waals surface area contributed by atoms with Crippen LogP contribution in [0.1, 0.15) is 24.5 Å². The first-order valence-corrected chi connectivity index (χ1v) is 9.84. The lowest BCUT2D eigenvalue weighted by molar-refractivity contribution is -0.665. The summed E-state index contributed by atoms with van der Waals surface area (Å²) < 4.78 is 11.6. The van der Waals surface area contributed by atoms with E-state index in [4.69, 9.17) is 4.74 Å². The molecule has 3 nitrogen and oxygen atoms in total. The number of rotatable bonds is 5. The van der Waals surface area contributed by atoms with E-state index in [-0.39, 0.29) is 0 Å². The third kappa shape index (κ3) is 2.61. The number of aryl methyl sites for hydroxylation is 1. The van der Waals surface area contributed by atoms with Gasteiger partial charge in [-0.15, -0.1) is 0 Å². The van der Waals surface area contributed by atoms with Gasteiger partial charge in [0, 0.05) is 29.5 Å². The molecule has 0 spiro atoms. The molecule has 4 heteroatoms. The van der Waals surface area contributed by atoms with Crippen LogP contribution in [0.2, 0.25) is 0 Å². The Balaban J connectivity index is 1.88. The number of nitrogens with zero attached hydrogens (tertiary/aromatic N) is 2. The summed E-state index contributed by atoms with van der Waals surface area (Å²) in [5.41, 5.74) is 2.49. The van der Waals surface area contributed by atoms with Crippen molar-refractivity contribution < 1.29 is 9.30 Å². The maximum Gasteiger partial charge on any atom is 0.262 e. The van der Waals surface area contributed by atoms with Gasteiger partial charge in [-0.2, -0.15) is 4.57 Å². The molecule has 4 aromatic rings. The minimum Gasteiger partial charge on any atom is -0.482 e. The number of hydrogen-bond donors (Lipinski definition) is 0. The monoisotopic (exact) mass is 363 g/mol. The van der Waals surface area contributed by atoms with E-state index in [1.807, 2.05) is 11.3 Å². The molecule has 26 heavy (non-hydrogen) atoms. The Morgan fingerprint density at radius 3 is 2.46 bits per heavy atom. The Morgan fingerprint density at radius 1 is 1.00 bits per heavy atom. The fourth-order valence-electron chi connectivity index (χ4n) is 3.66. The lowest BCUT2D eigenvalue weighted by Crippen LogP contribution is -2.33. The highest BCUT2D eigenvalue weighted by molar-refractivity contribution is 7.18. The molecule has 0 unspecified atom stereocenters. The van der Waals surface area contributed by atoms with Gasteiger partial charge < -0.3 is 9.30 Å². The van der Waals surface area contributed by atoms with Crippen LogP contribution >= 0.6 is 11.3 Å². The highest BCUT2D eigenvalue weighted by atomic mass is 32.1. The molecular weight excluding hydrogens is 340 g/mol. The van der Waals surface area contributed by atoms with Crippen LogP contribution in [0.3, 0.4) is 0 Å². The van der Waals surface area contributed by atoms with Gasteiger partial charge in [0.15, 0.2) is 0 Å². The van der Waals surface area contributed by atoms with Gasteiger partial charge in [-0.3, -0.25) is 0 Å². The molecule has 0 aliphatic carbocycles. The van der Waals surface area contributed by atoms with Crippen molar-refractivity contribution in [2.45, 2.75) is 26.9 Å². The molecule has 0 amide bonds. The Morgan fingerprint density at radius 2 is 1.73 bits per heavy atom. The summed E-state index contributed by atoms with van der Waals surface area (Å²) in [5.74, 6) is 0.933. The summed E-state index contributed by atoms with van der Waals surface area (Å²) in [6.45, 7) is 6.19. The smallest absolute Gasteiger partial charge is 0.262 e. The molecule has 4 rings (SSSR count). The van der Waals surface area contributed by atoms with Crippen molar-refractivity contribution in [2.75, 3.05) is 7.11 Å². The van der Waals surface area contributed by atoms with Gasteiger partial charge in [0.1, 0.15) is 11.2 Å². The molecule has 0 fully saturated rings. The van der Waals surface area contributed by atoms with Gasteiger partial charge in [0.25, 0.3) is 5.01 Å². The van der Waals surface area contributed by atoms with E-state index in [2.05, 4.69) is 83.7 Å². The predicted octanol–water partition coefficient (Wildman–Crippen LogP) is 5.36. The highest BCUT2D eigenvalue weighted by Crippen LogP contribution is 2.33. The SMILES string of the molecule is CCn1c(/C=C/c2sc3ccccc3[n+]2CC)c2ccccc2c1OC. The van der Waals surface area contributed by atoms with Gasteiger partial charge in [-0.25, -0.2) is 0 Å². The van der Waals surface area contributed by atoms with Crippen molar-refractivity contribution in [3.05, 3.63) is 59.2 Å². The van der Waals surface area contributed by atoms with Crippen LogP contribution in [0.25, 0.3) is 33.1 Å². The van der Waals surface area contributed by atoms with Gasteiger partial charge >= 0.3 is 0 Å². The van der Waals surface area contributed by atoms with Crippen molar-refractivity contribution >= 4 is 44.5 Å². The molecule has 0 radical (unpaired) electrons. The molecule has 0 atom stereocenters. The number of thiazole rings is 1. The van der Waals surface area contributed by atoms with Gasteiger partial charge in [-0.1, -0.05) is 41.7 Å². The number of aromatic nitrogens is 2. The first kappa shape index (κ1) is 16.9. The zero-order valence-electron chi connectivity index (χ0n) is 15.4. The molecule has 0 saturated carbocycles. The standard InChI is InChI=1S/C22H23N2OS/c1-4-23-19-12-8-9-13-20(19)26-21(23)15-14-18-16-10-6-7-11-17(16)22(25-3)24(18)5-2/h6-15H,4-5H2,1-3H3/q+1. The molecule has 2 aromatic carbocycles. The lowest BCUT2D eigenvalue weighted by Gasteiger charge is -2.07. The Hall–Kier alpha value is -2.59. The average Bonchev–Trinajstić information content (AvgIpc) is 3.20. The third-order valence-electron chi connectivity index (χ3n) is 4.82. The number of fused-ring (bicyclic) bond motifs is 2. The maximum atomic E-state index is 5.70. The average molecular weight is 364 g/mol. The first-order chi connectivity index (χ1) is 12.8. The molecular formula is C22H23N2OS+. The van der Waals surface area contributed by atoms with E-state index in [9.17, 15) is 0 Å². The summed E-state index contributed by atoms with van der Waals surface area (Å²) in [6, 6.07) is 17.0. The first-order valence-electron chi connectivity index (χ1n) is 9.03. The van der Waals surface area contributed by atoms with Gasteiger partial charge in [0.05, 0.1) is 12.8 Å². The fourth-order valence-corrected chi connectivity index (χ4v) is 4.79. The number of ether oxygens (including phenoxy) is 1. The summed E-state index contributed by atoms with van der Waals surface area (Å²) in [5, 5.41) is 3.66. The summed E-state index contributed by atoms with van der Waals surface area (Å²) in [6.07, 6.45) is 4.47. The summed E-state index contributed by atoms with van der Waals surface area (Å²) in [4.78, 5) is 0. The number of para-hydroxylation sites is 1. The highest BCUT2D eigenvalue weighted by Gasteiger charge is 2.18. The van der Waals surface area contributed by atoms with Gasteiger partial charge in [-0.05, 0) is 32.1 Å². The Kier molecular flexibility index (Phi) is 4.51. The van der Waals surface area contributed by atoms with E-state index in [0.717, 1.165) is 24.4 Å². The van der Waals surface area contributed by atoms with Crippen molar-refractivity contribution in [2.24, 2.45) is 0 Å². The van der Waals surface area contributed by atoms with Crippen molar-refractivity contribution in [1.29, 1.82) is 0 Å². The second-order valence-electron chi connectivity index (χ2n) is 6.17. The van der Waals surface area contributed by atoms with Crippen LogP contribution in [0, 0.1) is 0 Å². The predicted molar refractivity (Wildman–Crippen MR) is 111 cm³/mol. The van der Waals surface area contributed by atoms with Crippen molar-refractivity contribution in [3.63, 3.8) is 0 Å². The van der Waals surface area contributed by atoms with Crippen molar-refractivity contribution in [3.8, 4) is 5.88 Å². The quantitative estimate of drug-likeness (QED) is 0.436. The molecule has 0 saturated heterocycles. The summed E-state index contributed by atoms with van der Waals surface area (Å²) in [7, 11) is 1.75. The van der Waals surface area contributed by atoms with Crippen LogP contribution in [-0.4, -0.2) is 11.7 Å². The maximum absolute atomic E-state index is 5.70. The van der Waals surface area contributed by atoms with Crippen LogP contribution in [0.15, 0.2) is 48.5 Å². The lowest BCUT2D eigenvalue weighted by atomic mass is 10.2. The van der Waals surface area contributed by atoms with E-state index in [1.54, 1.807) is 7.11 Å². The summed E-state index contributed by atoms with van der Waals surface area (Å²) >= 11 is 1.83. The van der Waals surface area contributed by atoms with Crippen LogP contribution < -0.4 is 9.30 Å². The van der Waals surface area contributed by atoms with E-state index >= 15 is 0 Å². The Bertz CT molecular complexity index is 1100. The zero-order chi connectivity index (χ0) is 18.1. The normalized spacial score (nSPS) is 11.8. The molecule has 0 aliphatic rings. The van der Waals surface area contributed by atoms with E-state index in [1.165, 1.54) is 26.3 Å². The number of hydrogen-bond acceptors (Lipinski definition) is 2. The van der Waals surface area contributed by atoms with E-state index in [0.29, 0.717) is 0 Å². The Labute approximate surface area is 157 Å².